The number of aromatic nitrogens is 2. The smallest absolute Gasteiger partial charge is 0.0954 e. The molecule has 2 aromatic heterocycles. The molecule has 0 saturated heterocycles. The average molecular weight is 328 g/mol. The Bertz CT molecular complexity index is 508. The van der Waals surface area contributed by atoms with Gasteiger partial charge in [0.25, 0.3) is 0 Å². The highest BCUT2D eigenvalue weighted by molar-refractivity contribution is 9.10. The monoisotopic (exact) mass is 327 g/mol. The predicted molar refractivity (Wildman–Crippen MR) is 76.4 cm³/mol. The third kappa shape index (κ3) is 3.24. The third-order valence-electron chi connectivity index (χ3n) is 2.91. The second-order valence-electron chi connectivity index (χ2n) is 4.56. The van der Waals surface area contributed by atoms with Crippen LogP contribution < -0.4 is 11.3 Å². The fraction of sp³-hybridized carbons (Fsp3) is 0.417. The van der Waals surface area contributed by atoms with Crippen molar-refractivity contribution in [3.05, 3.63) is 40.5 Å². The summed E-state index contributed by atoms with van der Waals surface area (Å²) in [6.45, 7) is 1.70. The second-order valence-corrected chi connectivity index (χ2v) is 5.41. The lowest BCUT2D eigenvalue weighted by molar-refractivity contribution is 0.365. The Hall–Kier alpha value is -1.15. The maximum atomic E-state index is 5.68. The Balaban J connectivity index is 2.29. The number of hydrogen-bond acceptors (Lipinski definition) is 5. The fourth-order valence-electron chi connectivity index (χ4n) is 1.90. The van der Waals surface area contributed by atoms with Crippen molar-refractivity contribution in [2.24, 2.45) is 5.84 Å². The van der Waals surface area contributed by atoms with E-state index in [0.717, 1.165) is 28.8 Å². The molecule has 2 heterocycles. The summed E-state index contributed by atoms with van der Waals surface area (Å²) >= 11 is 3.53. The van der Waals surface area contributed by atoms with E-state index in [0.29, 0.717) is 0 Å². The molecule has 104 valence electrons. The molecule has 0 spiro atoms. The largest absolute Gasteiger partial charge is 0.472 e. The van der Waals surface area contributed by atoms with Crippen LogP contribution in [0.5, 0.6) is 0 Å². The van der Waals surface area contributed by atoms with Crippen LogP contribution in [0.1, 0.15) is 17.3 Å². The van der Waals surface area contributed by atoms with Crippen molar-refractivity contribution >= 4 is 15.9 Å². The molecule has 1 atom stereocenters. The number of nitrogens with zero attached hydrogens (tertiary/aromatic N) is 3. The maximum absolute atomic E-state index is 5.68. The normalized spacial score (nSPS) is 13.1. The minimum atomic E-state index is -0.155. The van der Waals surface area contributed by atoms with Crippen LogP contribution in [0.25, 0.3) is 0 Å². The van der Waals surface area contributed by atoms with Crippen molar-refractivity contribution in [1.29, 1.82) is 0 Å². The summed E-state index contributed by atoms with van der Waals surface area (Å²) in [5.74, 6) is 5.68. The van der Waals surface area contributed by atoms with Gasteiger partial charge in [-0.3, -0.25) is 10.5 Å². The highest BCUT2D eigenvalue weighted by Gasteiger charge is 2.21. The second kappa shape index (κ2) is 6.33. The molecular weight excluding hydrogens is 310 g/mol. The summed E-state index contributed by atoms with van der Waals surface area (Å²) in [5.41, 5.74) is 4.77. The van der Waals surface area contributed by atoms with Gasteiger partial charge in [0.1, 0.15) is 0 Å². The standard InChI is InChI=1S/C12H18BrN5O/c1-17(2)4-5-18-12(10(13)7-15-18)11(16-14)9-3-6-19-8-9/h3,6-8,11,16H,4-5,14H2,1-2H3. The first-order chi connectivity index (χ1) is 9.13. The van der Waals surface area contributed by atoms with Crippen LogP contribution >= 0.6 is 15.9 Å². The summed E-state index contributed by atoms with van der Waals surface area (Å²) in [6, 6.07) is 1.73. The van der Waals surface area contributed by atoms with Gasteiger partial charge in [0, 0.05) is 12.1 Å². The zero-order valence-electron chi connectivity index (χ0n) is 11.0. The number of halogens is 1. The minimum Gasteiger partial charge on any atom is -0.472 e. The summed E-state index contributed by atoms with van der Waals surface area (Å²) in [4.78, 5) is 2.11. The van der Waals surface area contributed by atoms with E-state index in [4.69, 9.17) is 10.3 Å². The van der Waals surface area contributed by atoms with Crippen LogP contribution in [0.2, 0.25) is 0 Å². The molecule has 0 aromatic carbocycles. The zero-order valence-corrected chi connectivity index (χ0v) is 12.6. The van der Waals surface area contributed by atoms with Gasteiger partial charge < -0.3 is 9.32 Å². The maximum Gasteiger partial charge on any atom is 0.0954 e. The molecule has 1 unspecified atom stereocenters. The summed E-state index contributed by atoms with van der Waals surface area (Å²) in [7, 11) is 4.07. The first kappa shape index (κ1) is 14.3. The lowest BCUT2D eigenvalue weighted by Gasteiger charge is -2.18. The van der Waals surface area contributed by atoms with Gasteiger partial charge in [-0.1, -0.05) is 0 Å². The first-order valence-electron chi connectivity index (χ1n) is 5.97. The summed E-state index contributed by atoms with van der Waals surface area (Å²) < 4.78 is 8.00. The van der Waals surface area contributed by atoms with Crippen LogP contribution in [0.4, 0.5) is 0 Å². The zero-order chi connectivity index (χ0) is 13.8. The molecule has 0 fully saturated rings. The Labute approximate surface area is 120 Å². The first-order valence-corrected chi connectivity index (χ1v) is 6.77. The van der Waals surface area contributed by atoms with Crippen molar-refractivity contribution in [2.75, 3.05) is 20.6 Å². The number of nitrogens with two attached hydrogens (primary N) is 1. The molecule has 3 N–H and O–H groups in total. The van der Waals surface area contributed by atoms with Crippen molar-refractivity contribution in [3.8, 4) is 0 Å². The molecule has 0 aliphatic carbocycles. The summed E-state index contributed by atoms with van der Waals surface area (Å²) in [6.07, 6.45) is 5.10. The molecular formula is C12H18BrN5O. The van der Waals surface area contributed by atoms with E-state index < -0.39 is 0 Å². The van der Waals surface area contributed by atoms with Crippen LogP contribution in [0, 0.1) is 0 Å². The van der Waals surface area contributed by atoms with E-state index in [1.807, 2.05) is 24.8 Å². The van der Waals surface area contributed by atoms with Gasteiger partial charge in [-0.25, -0.2) is 5.43 Å². The van der Waals surface area contributed by atoms with E-state index >= 15 is 0 Å². The molecule has 7 heteroatoms. The number of rotatable bonds is 6. The highest BCUT2D eigenvalue weighted by Crippen LogP contribution is 2.28. The Kier molecular flexibility index (Phi) is 4.76. The molecule has 6 nitrogen and oxygen atoms in total. The third-order valence-corrected chi connectivity index (χ3v) is 3.52. The van der Waals surface area contributed by atoms with Crippen molar-refractivity contribution in [2.45, 2.75) is 12.6 Å². The quantitative estimate of drug-likeness (QED) is 0.619. The Morgan fingerprint density at radius 1 is 1.58 bits per heavy atom. The average Bonchev–Trinajstić information content (AvgIpc) is 3.00. The van der Waals surface area contributed by atoms with Crippen LogP contribution in [0.15, 0.2) is 33.7 Å². The van der Waals surface area contributed by atoms with Gasteiger partial charge in [-0.15, -0.1) is 0 Å². The van der Waals surface area contributed by atoms with Crippen molar-refractivity contribution < 1.29 is 4.42 Å². The molecule has 0 saturated carbocycles. The van der Waals surface area contributed by atoms with Gasteiger partial charge in [-0.05, 0) is 36.1 Å². The lowest BCUT2D eigenvalue weighted by Crippen LogP contribution is -2.31. The van der Waals surface area contributed by atoms with E-state index in [1.165, 1.54) is 0 Å². The lowest BCUT2D eigenvalue weighted by atomic mass is 10.1. The predicted octanol–water partition coefficient (Wildman–Crippen LogP) is 1.35. The van der Waals surface area contributed by atoms with Crippen molar-refractivity contribution in [1.82, 2.24) is 20.1 Å². The molecule has 2 aromatic rings. The number of hydrogen-bond donors (Lipinski definition) is 2. The van der Waals surface area contributed by atoms with Gasteiger partial charge in [0.05, 0.1) is 41.5 Å². The molecule has 0 aliphatic heterocycles. The van der Waals surface area contributed by atoms with Gasteiger partial charge >= 0.3 is 0 Å². The fourth-order valence-corrected chi connectivity index (χ4v) is 2.43. The summed E-state index contributed by atoms with van der Waals surface area (Å²) in [5, 5.41) is 4.38. The molecule has 0 radical (unpaired) electrons. The molecule has 0 amide bonds. The topological polar surface area (TPSA) is 72.2 Å². The van der Waals surface area contributed by atoms with Crippen LogP contribution in [-0.2, 0) is 6.54 Å². The SMILES string of the molecule is CN(C)CCn1ncc(Br)c1C(NN)c1ccoc1. The number of nitrogens with one attached hydrogen (secondary N) is 1. The van der Waals surface area contributed by atoms with E-state index in [2.05, 4.69) is 31.4 Å². The molecule has 2 rings (SSSR count). The van der Waals surface area contributed by atoms with E-state index in [9.17, 15) is 0 Å². The molecule has 19 heavy (non-hydrogen) atoms. The molecule has 0 bridgehead atoms. The van der Waals surface area contributed by atoms with Gasteiger partial charge in [-0.2, -0.15) is 5.10 Å². The minimum absolute atomic E-state index is 0.155. The van der Waals surface area contributed by atoms with E-state index in [1.54, 1.807) is 18.7 Å². The Morgan fingerprint density at radius 3 is 2.95 bits per heavy atom. The molecule has 0 aliphatic rings. The van der Waals surface area contributed by atoms with Gasteiger partial charge in [0.2, 0.25) is 0 Å². The van der Waals surface area contributed by atoms with E-state index in [-0.39, 0.29) is 6.04 Å². The van der Waals surface area contributed by atoms with Crippen molar-refractivity contribution in [3.63, 3.8) is 0 Å². The van der Waals surface area contributed by atoms with Gasteiger partial charge in [0.15, 0.2) is 0 Å². The van der Waals surface area contributed by atoms with Crippen LogP contribution in [-0.4, -0.2) is 35.3 Å². The Morgan fingerprint density at radius 2 is 2.37 bits per heavy atom. The number of furan rings is 1. The van der Waals surface area contributed by atoms with Crippen LogP contribution in [0.3, 0.4) is 0 Å². The number of hydrazine groups is 1. The number of likely N-dealkylation sites (N-methyl/N-ethyl adjacent to an activating group) is 1. The highest BCUT2D eigenvalue weighted by atomic mass is 79.9.